The predicted octanol–water partition coefficient (Wildman–Crippen LogP) is 1.65. The van der Waals surface area contributed by atoms with Gasteiger partial charge in [0.1, 0.15) is 0 Å². The van der Waals surface area contributed by atoms with E-state index in [0.29, 0.717) is 6.54 Å². The number of halogens is 2. The quantitative estimate of drug-likeness (QED) is 0.712. The van der Waals surface area contributed by atoms with Crippen LogP contribution in [0.3, 0.4) is 0 Å². The minimum atomic E-state index is -2.32. The Morgan fingerprint density at radius 3 is 3.00 bits per heavy atom. The van der Waals surface area contributed by atoms with Crippen LogP contribution in [0.5, 0.6) is 0 Å². The number of hydrogen-bond acceptors (Lipinski definition) is 2. The Kier molecular flexibility index (Phi) is 4.52. The summed E-state index contributed by atoms with van der Waals surface area (Å²) in [5.41, 5.74) is 0.805. The lowest BCUT2D eigenvalue weighted by Gasteiger charge is -1.99. The van der Waals surface area contributed by atoms with E-state index >= 15 is 0 Å². The highest BCUT2D eigenvalue weighted by Gasteiger charge is 2.04. The SMILES string of the molecule is CCCNCc1cn(CC(F)F)cn1. The van der Waals surface area contributed by atoms with Crippen LogP contribution in [0.25, 0.3) is 0 Å². The maximum absolute atomic E-state index is 12.0. The number of rotatable bonds is 6. The van der Waals surface area contributed by atoms with Gasteiger partial charge < -0.3 is 9.88 Å². The van der Waals surface area contributed by atoms with Gasteiger partial charge in [-0.3, -0.25) is 0 Å². The molecule has 0 bridgehead atoms. The second-order valence-corrected chi connectivity index (χ2v) is 3.13. The first kappa shape index (κ1) is 11.1. The van der Waals surface area contributed by atoms with Crippen LogP contribution in [-0.4, -0.2) is 22.5 Å². The van der Waals surface area contributed by atoms with Gasteiger partial charge in [-0.15, -0.1) is 0 Å². The topological polar surface area (TPSA) is 29.9 Å². The van der Waals surface area contributed by atoms with Crippen LogP contribution in [0.1, 0.15) is 19.0 Å². The summed E-state index contributed by atoms with van der Waals surface area (Å²) in [6.45, 7) is 3.36. The minimum Gasteiger partial charge on any atom is -0.331 e. The van der Waals surface area contributed by atoms with Gasteiger partial charge in [-0.25, -0.2) is 13.8 Å². The largest absolute Gasteiger partial charge is 0.331 e. The van der Waals surface area contributed by atoms with Crippen LogP contribution in [0.2, 0.25) is 0 Å². The molecule has 0 unspecified atom stereocenters. The van der Waals surface area contributed by atoms with E-state index in [0.717, 1.165) is 18.7 Å². The van der Waals surface area contributed by atoms with Crippen molar-refractivity contribution in [3.05, 3.63) is 18.2 Å². The number of nitrogens with zero attached hydrogens (tertiary/aromatic N) is 2. The van der Waals surface area contributed by atoms with Gasteiger partial charge in [0, 0.05) is 12.7 Å². The Morgan fingerprint density at radius 2 is 2.36 bits per heavy atom. The molecule has 1 aromatic rings. The van der Waals surface area contributed by atoms with Gasteiger partial charge in [0.05, 0.1) is 18.6 Å². The molecule has 1 rings (SSSR count). The van der Waals surface area contributed by atoms with Gasteiger partial charge in [0.25, 0.3) is 6.43 Å². The first-order valence-electron chi connectivity index (χ1n) is 4.72. The Hall–Kier alpha value is -0.970. The van der Waals surface area contributed by atoms with E-state index in [2.05, 4.69) is 17.2 Å². The molecule has 14 heavy (non-hydrogen) atoms. The molecular weight excluding hydrogens is 188 g/mol. The molecule has 0 radical (unpaired) electrons. The van der Waals surface area contributed by atoms with Gasteiger partial charge in [0.15, 0.2) is 0 Å². The van der Waals surface area contributed by atoms with Crippen LogP contribution in [0.15, 0.2) is 12.5 Å². The van der Waals surface area contributed by atoms with Gasteiger partial charge in [0.2, 0.25) is 0 Å². The standard InChI is InChI=1S/C9H15F2N3/c1-2-3-12-4-8-5-14(7-13-8)6-9(10)11/h5,7,9,12H,2-4,6H2,1H3. The average Bonchev–Trinajstić information content (AvgIpc) is 2.52. The molecule has 1 heterocycles. The van der Waals surface area contributed by atoms with Crippen LogP contribution in [-0.2, 0) is 13.1 Å². The summed E-state index contributed by atoms with van der Waals surface area (Å²) < 4.78 is 25.4. The maximum Gasteiger partial charge on any atom is 0.256 e. The molecule has 0 saturated carbocycles. The molecule has 0 saturated heterocycles. The third-order valence-corrected chi connectivity index (χ3v) is 1.77. The molecule has 1 N–H and O–H groups in total. The number of nitrogens with one attached hydrogen (secondary N) is 1. The fourth-order valence-electron chi connectivity index (χ4n) is 1.15. The van der Waals surface area contributed by atoms with Gasteiger partial charge in [-0.1, -0.05) is 6.92 Å². The molecule has 0 aliphatic rings. The summed E-state index contributed by atoms with van der Waals surface area (Å²) in [5.74, 6) is 0. The highest BCUT2D eigenvalue weighted by Crippen LogP contribution is 2.01. The summed E-state index contributed by atoms with van der Waals surface area (Å²) in [7, 11) is 0. The normalized spacial score (nSPS) is 11.1. The van der Waals surface area contributed by atoms with Crippen molar-refractivity contribution in [1.29, 1.82) is 0 Å². The van der Waals surface area contributed by atoms with Crippen LogP contribution in [0, 0.1) is 0 Å². The molecule has 0 amide bonds. The van der Waals surface area contributed by atoms with E-state index in [1.165, 1.54) is 10.9 Å². The number of aromatic nitrogens is 2. The third kappa shape index (κ3) is 3.83. The Morgan fingerprint density at radius 1 is 1.57 bits per heavy atom. The van der Waals surface area contributed by atoms with E-state index in [-0.39, 0.29) is 6.54 Å². The zero-order chi connectivity index (χ0) is 10.4. The highest BCUT2D eigenvalue weighted by molar-refractivity contribution is 4.96. The van der Waals surface area contributed by atoms with Crippen molar-refractivity contribution in [3.63, 3.8) is 0 Å². The molecule has 5 heteroatoms. The molecular formula is C9H15F2N3. The predicted molar refractivity (Wildman–Crippen MR) is 50.2 cm³/mol. The Balaban J connectivity index is 2.35. The second kappa shape index (κ2) is 5.70. The molecule has 1 aromatic heterocycles. The van der Waals surface area contributed by atoms with Crippen molar-refractivity contribution >= 4 is 0 Å². The summed E-state index contributed by atoms with van der Waals surface area (Å²) in [4.78, 5) is 4.01. The fourth-order valence-corrected chi connectivity index (χ4v) is 1.15. The number of hydrogen-bond donors (Lipinski definition) is 1. The van der Waals surface area contributed by atoms with E-state index in [1.807, 2.05) is 0 Å². The third-order valence-electron chi connectivity index (χ3n) is 1.77. The van der Waals surface area contributed by atoms with Crippen LogP contribution in [0.4, 0.5) is 8.78 Å². The summed E-state index contributed by atoms with van der Waals surface area (Å²) in [6.07, 6.45) is 1.82. The lowest BCUT2D eigenvalue weighted by molar-refractivity contribution is 0.126. The van der Waals surface area contributed by atoms with E-state index in [9.17, 15) is 8.78 Å². The van der Waals surface area contributed by atoms with E-state index in [1.54, 1.807) is 6.20 Å². The first-order chi connectivity index (χ1) is 6.72. The first-order valence-corrected chi connectivity index (χ1v) is 4.72. The molecule has 0 spiro atoms. The van der Waals surface area contributed by atoms with Crippen molar-refractivity contribution in [1.82, 2.24) is 14.9 Å². The second-order valence-electron chi connectivity index (χ2n) is 3.13. The van der Waals surface area contributed by atoms with Gasteiger partial charge in [-0.2, -0.15) is 0 Å². The minimum absolute atomic E-state index is 0.277. The van der Waals surface area contributed by atoms with Crippen LogP contribution >= 0.6 is 0 Å². The Labute approximate surface area is 82.1 Å². The molecule has 3 nitrogen and oxygen atoms in total. The lowest BCUT2D eigenvalue weighted by Crippen LogP contribution is -2.14. The number of imidazole rings is 1. The molecule has 80 valence electrons. The Bertz CT molecular complexity index is 260. The molecule has 0 aromatic carbocycles. The van der Waals surface area contributed by atoms with Crippen molar-refractivity contribution in [3.8, 4) is 0 Å². The van der Waals surface area contributed by atoms with Gasteiger partial charge in [-0.05, 0) is 13.0 Å². The summed E-state index contributed by atoms with van der Waals surface area (Å²) in [6, 6.07) is 0. The average molecular weight is 203 g/mol. The monoisotopic (exact) mass is 203 g/mol. The zero-order valence-electron chi connectivity index (χ0n) is 8.21. The van der Waals surface area contributed by atoms with Crippen molar-refractivity contribution in [2.75, 3.05) is 6.54 Å². The lowest BCUT2D eigenvalue weighted by atomic mass is 10.4. The molecule has 0 aliphatic heterocycles. The zero-order valence-corrected chi connectivity index (χ0v) is 8.21. The van der Waals surface area contributed by atoms with Gasteiger partial charge >= 0.3 is 0 Å². The number of alkyl halides is 2. The van der Waals surface area contributed by atoms with Crippen molar-refractivity contribution in [2.24, 2.45) is 0 Å². The summed E-state index contributed by atoms with van der Waals surface area (Å²) in [5, 5.41) is 3.15. The maximum atomic E-state index is 12.0. The highest BCUT2D eigenvalue weighted by atomic mass is 19.3. The van der Waals surface area contributed by atoms with E-state index < -0.39 is 6.43 Å². The molecule has 0 atom stereocenters. The van der Waals surface area contributed by atoms with E-state index in [4.69, 9.17) is 0 Å². The smallest absolute Gasteiger partial charge is 0.256 e. The van der Waals surface area contributed by atoms with Crippen molar-refractivity contribution in [2.45, 2.75) is 32.9 Å². The van der Waals surface area contributed by atoms with Crippen molar-refractivity contribution < 1.29 is 8.78 Å². The fraction of sp³-hybridized carbons (Fsp3) is 0.667. The van der Waals surface area contributed by atoms with Crippen LogP contribution < -0.4 is 5.32 Å². The summed E-state index contributed by atoms with van der Waals surface area (Å²) >= 11 is 0. The molecule has 0 fully saturated rings. The molecule has 0 aliphatic carbocycles.